The van der Waals surface area contributed by atoms with E-state index in [0.29, 0.717) is 17.5 Å². The molecule has 0 fully saturated rings. The molecule has 1 aromatic carbocycles. The Morgan fingerprint density at radius 3 is 2.48 bits per heavy atom. The minimum atomic E-state index is -0.410. The summed E-state index contributed by atoms with van der Waals surface area (Å²) in [6.45, 7) is 1.71. The molecule has 0 saturated carbocycles. The van der Waals surface area contributed by atoms with E-state index in [0.717, 1.165) is 5.56 Å². The number of carbonyl (C=O) groups is 2. The molecule has 0 spiro atoms. The normalized spacial score (nSPS) is 10.2. The van der Waals surface area contributed by atoms with Gasteiger partial charge in [-0.05, 0) is 24.3 Å². The van der Waals surface area contributed by atoms with Crippen LogP contribution in [0.2, 0.25) is 0 Å². The summed E-state index contributed by atoms with van der Waals surface area (Å²) >= 11 is 0. The number of rotatable bonds is 5. The maximum Gasteiger partial charge on any atom is 0.306 e. The van der Waals surface area contributed by atoms with Gasteiger partial charge >= 0.3 is 5.97 Å². The molecule has 7 nitrogen and oxygen atoms in total. The Hall–Kier alpha value is -2.70. The molecule has 21 heavy (non-hydrogen) atoms. The van der Waals surface area contributed by atoms with E-state index in [1.54, 1.807) is 31.2 Å². The van der Waals surface area contributed by atoms with Crippen molar-refractivity contribution in [2.75, 3.05) is 12.4 Å². The lowest BCUT2D eigenvalue weighted by molar-refractivity contribution is -0.141. The summed E-state index contributed by atoms with van der Waals surface area (Å²) in [6.07, 6.45) is 0.138. The van der Waals surface area contributed by atoms with E-state index in [1.165, 1.54) is 7.11 Å². The first-order chi connectivity index (χ1) is 10.1. The van der Waals surface area contributed by atoms with Gasteiger partial charge in [-0.2, -0.15) is 0 Å². The first-order valence-electron chi connectivity index (χ1n) is 6.35. The smallest absolute Gasteiger partial charge is 0.306 e. The van der Waals surface area contributed by atoms with Crippen molar-refractivity contribution in [1.29, 1.82) is 0 Å². The number of nitrogens with zero attached hydrogens (tertiary/aromatic N) is 2. The van der Waals surface area contributed by atoms with Gasteiger partial charge in [0.1, 0.15) is 0 Å². The van der Waals surface area contributed by atoms with E-state index in [9.17, 15) is 9.59 Å². The molecule has 110 valence electrons. The predicted octanol–water partition coefficient (Wildman–Crippen LogP) is 1.94. The molecule has 2 rings (SSSR count). The van der Waals surface area contributed by atoms with Crippen molar-refractivity contribution in [1.82, 2.24) is 10.2 Å². The standard InChI is InChI=1S/C14H15N3O4/c1-9-16-17-14(21-9)10-3-5-11(6-4-10)15-12(18)7-8-13(19)20-2/h3-6H,7-8H2,1-2H3,(H,15,18). The predicted molar refractivity (Wildman–Crippen MR) is 74.4 cm³/mol. The van der Waals surface area contributed by atoms with Gasteiger partial charge in [0, 0.05) is 24.6 Å². The number of benzene rings is 1. The van der Waals surface area contributed by atoms with Crippen LogP contribution in [0.4, 0.5) is 5.69 Å². The average Bonchev–Trinajstić information content (AvgIpc) is 2.92. The molecule has 0 atom stereocenters. The summed E-state index contributed by atoms with van der Waals surface area (Å²) in [4.78, 5) is 22.6. The number of anilines is 1. The minimum absolute atomic E-state index is 0.0572. The van der Waals surface area contributed by atoms with E-state index < -0.39 is 5.97 Å². The highest BCUT2D eigenvalue weighted by Crippen LogP contribution is 2.20. The van der Waals surface area contributed by atoms with Crippen LogP contribution in [0.3, 0.4) is 0 Å². The van der Waals surface area contributed by atoms with Crippen molar-refractivity contribution in [3.8, 4) is 11.5 Å². The highest BCUT2D eigenvalue weighted by Gasteiger charge is 2.08. The third-order valence-electron chi connectivity index (χ3n) is 2.73. The zero-order chi connectivity index (χ0) is 15.2. The van der Waals surface area contributed by atoms with Crippen LogP contribution < -0.4 is 5.32 Å². The van der Waals surface area contributed by atoms with Crippen molar-refractivity contribution >= 4 is 17.6 Å². The molecule has 0 unspecified atom stereocenters. The molecule has 0 aliphatic rings. The van der Waals surface area contributed by atoms with Crippen LogP contribution in [0.1, 0.15) is 18.7 Å². The van der Waals surface area contributed by atoms with Crippen LogP contribution >= 0.6 is 0 Å². The number of ether oxygens (including phenoxy) is 1. The second kappa shape index (κ2) is 6.65. The van der Waals surface area contributed by atoms with E-state index >= 15 is 0 Å². The Labute approximate surface area is 121 Å². The van der Waals surface area contributed by atoms with Crippen LogP contribution in [0.15, 0.2) is 28.7 Å². The number of carbonyl (C=O) groups excluding carboxylic acids is 2. The van der Waals surface area contributed by atoms with Crippen LogP contribution in [-0.4, -0.2) is 29.2 Å². The molecule has 0 bridgehead atoms. The first kappa shape index (κ1) is 14.7. The summed E-state index contributed by atoms with van der Waals surface area (Å²) in [5.41, 5.74) is 1.40. The molecule has 0 aliphatic heterocycles. The Balaban J connectivity index is 1.93. The van der Waals surface area contributed by atoms with Crippen LogP contribution in [-0.2, 0) is 14.3 Å². The second-order valence-corrected chi connectivity index (χ2v) is 4.33. The summed E-state index contributed by atoms with van der Waals surface area (Å²) < 4.78 is 9.78. The second-order valence-electron chi connectivity index (χ2n) is 4.33. The lowest BCUT2D eigenvalue weighted by atomic mass is 10.2. The van der Waals surface area contributed by atoms with Gasteiger partial charge in [0.25, 0.3) is 0 Å². The van der Waals surface area contributed by atoms with E-state index in [2.05, 4.69) is 20.3 Å². The molecule has 7 heteroatoms. The van der Waals surface area contributed by atoms with Gasteiger partial charge in [0.05, 0.1) is 13.5 Å². The average molecular weight is 289 g/mol. The molecule has 1 N–H and O–H groups in total. The number of amides is 1. The molecule has 1 aromatic heterocycles. The fourth-order valence-electron chi connectivity index (χ4n) is 1.65. The molecule has 0 radical (unpaired) electrons. The summed E-state index contributed by atoms with van der Waals surface area (Å²) in [7, 11) is 1.29. The van der Waals surface area contributed by atoms with Crippen molar-refractivity contribution in [3.05, 3.63) is 30.2 Å². The van der Waals surface area contributed by atoms with Crippen molar-refractivity contribution in [2.45, 2.75) is 19.8 Å². The third kappa shape index (κ3) is 4.13. The number of methoxy groups -OCH3 is 1. The molecule has 0 saturated heterocycles. The summed E-state index contributed by atoms with van der Waals surface area (Å²) in [5.74, 6) is 0.260. The van der Waals surface area contributed by atoms with Gasteiger partial charge in [0.2, 0.25) is 17.7 Å². The van der Waals surface area contributed by atoms with Gasteiger partial charge in [-0.15, -0.1) is 10.2 Å². The number of aromatic nitrogens is 2. The van der Waals surface area contributed by atoms with Crippen molar-refractivity contribution < 1.29 is 18.7 Å². The number of esters is 1. The zero-order valence-electron chi connectivity index (χ0n) is 11.8. The highest BCUT2D eigenvalue weighted by atomic mass is 16.5. The topological polar surface area (TPSA) is 94.3 Å². The van der Waals surface area contributed by atoms with Crippen LogP contribution in [0.25, 0.3) is 11.5 Å². The SMILES string of the molecule is COC(=O)CCC(=O)Nc1ccc(-c2nnc(C)o2)cc1. The largest absolute Gasteiger partial charge is 0.469 e. The highest BCUT2D eigenvalue weighted by molar-refractivity contribution is 5.92. The summed E-state index contributed by atoms with van der Waals surface area (Å²) in [5, 5.41) is 10.4. The van der Waals surface area contributed by atoms with Crippen LogP contribution in [0.5, 0.6) is 0 Å². The molecule has 1 heterocycles. The quantitative estimate of drug-likeness (QED) is 0.845. The number of nitrogens with one attached hydrogen (secondary N) is 1. The van der Waals surface area contributed by atoms with E-state index in [1.807, 2.05) is 0 Å². The fraction of sp³-hybridized carbons (Fsp3) is 0.286. The summed E-state index contributed by atoms with van der Waals surface area (Å²) in [6, 6.07) is 6.99. The Bertz CT molecular complexity index is 634. The van der Waals surface area contributed by atoms with E-state index in [4.69, 9.17) is 4.42 Å². The maximum absolute atomic E-state index is 11.6. The lowest BCUT2D eigenvalue weighted by Gasteiger charge is -2.05. The number of hydrogen-bond donors (Lipinski definition) is 1. The molecule has 2 aromatic rings. The number of aryl methyl sites for hydroxylation is 1. The molecular formula is C14H15N3O4. The van der Waals surface area contributed by atoms with Crippen LogP contribution in [0, 0.1) is 6.92 Å². The minimum Gasteiger partial charge on any atom is -0.469 e. The Morgan fingerprint density at radius 2 is 1.90 bits per heavy atom. The Morgan fingerprint density at radius 1 is 1.19 bits per heavy atom. The van der Waals surface area contributed by atoms with Crippen molar-refractivity contribution in [3.63, 3.8) is 0 Å². The molecule has 1 amide bonds. The monoisotopic (exact) mass is 289 g/mol. The first-order valence-corrected chi connectivity index (χ1v) is 6.35. The van der Waals surface area contributed by atoms with Gasteiger partial charge in [0.15, 0.2) is 0 Å². The van der Waals surface area contributed by atoms with Gasteiger partial charge < -0.3 is 14.5 Å². The third-order valence-corrected chi connectivity index (χ3v) is 2.73. The lowest BCUT2D eigenvalue weighted by Crippen LogP contribution is -2.13. The Kier molecular flexibility index (Phi) is 4.65. The molecule has 0 aliphatic carbocycles. The van der Waals surface area contributed by atoms with E-state index in [-0.39, 0.29) is 18.7 Å². The fourth-order valence-corrected chi connectivity index (χ4v) is 1.65. The van der Waals surface area contributed by atoms with Crippen molar-refractivity contribution in [2.24, 2.45) is 0 Å². The maximum atomic E-state index is 11.6. The number of hydrogen-bond acceptors (Lipinski definition) is 6. The van der Waals surface area contributed by atoms with Gasteiger partial charge in [-0.1, -0.05) is 0 Å². The molecular weight excluding hydrogens is 274 g/mol. The van der Waals surface area contributed by atoms with Gasteiger partial charge in [-0.25, -0.2) is 0 Å². The zero-order valence-corrected chi connectivity index (χ0v) is 11.8. The van der Waals surface area contributed by atoms with Gasteiger partial charge in [-0.3, -0.25) is 9.59 Å².